The summed E-state index contributed by atoms with van der Waals surface area (Å²) < 4.78 is 5.49. The molecule has 0 radical (unpaired) electrons. The molecule has 146 valence electrons. The predicted molar refractivity (Wildman–Crippen MR) is 109 cm³/mol. The molecular weight excluding hydrogens is 350 g/mol. The summed E-state index contributed by atoms with van der Waals surface area (Å²) in [6, 6.07) is 8.16. The Morgan fingerprint density at radius 1 is 1.21 bits per heavy atom. The fraction of sp³-hybridized carbons (Fsp3) is 0.478. The van der Waals surface area contributed by atoms with E-state index in [1.165, 1.54) is 29.5 Å². The van der Waals surface area contributed by atoms with Crippen molar-refractivity contribution in [2.24, 2.45) is 0 Å². The molecule has 0 saturated carbocycles. The lowest BCUT2D eigenvalue weighted by molar-refractivity contribution is 0.0731. The van der Waals surface area contributed by atoms with Crippen LogP contribution >= 0.6 is 0 Å². The van der Waals surface area contributed by atoms with E-state index in [1.807, 2.05) is 17.0 Å². The Kier molecular flexibility index (Phi) is 4.26. The normalized spacial score (nSPS) is 19.5. The van der Waals surface area contributed by atoms with E-state index in [1.54, 1.807) is 0 Å². The first-order valence-corrected chi connectivity index (χ1v) is 10.5. The van der Waals surface area contributed by atoms with E-state index in [4.69, 9.17) is 4.52 Å². The van der Waals surface area contributed by atoms with Crippen molar-refractivity contribution in [3.63, 3.8) is 0 Å². The van der Waals surface area contributed by atoms with Crippen LogP contribution in [0.25, 0.3) is 10.9 Å². The smallest absolute Gasteiger partial charge is 0.254 e. The lowest BCUT2D eigenvalue weighted by Crippen LogP contribution is -2.30. The number of carbonyl (C=O) groups excluding carboxylic acids is 1. The zero-order valence-electron chi connectivity index (χ0n) is 16.6. The molecule has 0 spiro atoms. The number of fused-ring (bicyclic) bond motifs is 3. The number of aromatic amines is 1. The average molecular weight is 377 g/mol. The minimum absolute atomic E-state index is 0.0135. The van der Waals surface area contributed by atoms with Crippen molar-refractivity contribution in [3.8, 4) is 0 Å². The molecular formula is C23H27N3O2. The van der Waals surface area contributed by atoms with Crippen LogP contribution in [0.2, 0.25) is 0 Å². The topological polar surface area (TPSA) is 62.1 Å². The fourth-order valence-corrected chi connectivity index (χ4v) is 4.76. The third-order valence-corrected chi connectivity index (χ3v) is 6.32. The van der Waals surface area contributed by atoms with Crippen LogP contribution in [0.1, 0.15) is 84.6 Å². The number of amides is 1. The van der Waals surface area contributed by atoms with E-state index >= 15 is 0 Å². The van der Waals surface area contributed by atoms with E-state index in [0.717, 1.165) is 54.8 Å². The van der Waals surface area contributed by atoms with Gasteiger partial charge in [-0.05, 0) is 62.3 Å². The maximum Gasteiger partial charge on any atom is 0.254 e. The lowest BCUT2D eigenvalue weighted by atomic mass is 9.95. The van der Waals surface area contributed by atoms with Crippen molar-refractivity contribution in [2.75, 3.05) is 6.54 Å². The molecule has 28 heavy (non-hydrogen) atoms. The van der Waals surface area contributed by atoms with E-state index in [2.05, 4.69) is 36.1 Å². The molecule has 5 rings (SSSR count). The third-order valence-electron chi connectivity index (χ3n) is 6.32. The SMILES string of the molecule is CC(C)c1cc(C2CCCN2C(=O)c2ccc3[nH]c4c(c3c2)CCCC4)no1. The zero-order chi connectivity index (χ0) is 19.3. The molecule has 1 unspecified atom stereocenters. The molecule has 1 fully saturated rings. The minimum Gasteiger partial charge on any atom is -0.361 e. The Labute approximate surface area is 165 Å². The van der Waals surface area contributed by atoms with Crippen molar-refractivity contribution in [1.29, 1.82) is 0 Å². The highest BCUT2D eigenvalue weighted by molar-refractivity contribution is 5.99. The second kappa shape index (κ2) is 6.80. The molecule has 0 bridgehead atoms. The highest BCUT2D eigenvalue weighted by atomic mass is 16.5. The van der Waals surface area contributed by atoms with Gasteiger partial charge in [0.15, 0.2) is 0 Å². The van der Waals surface area contributed by atoms with Gasteiger partial charge in [-0.2, -0.15) is 0 Å². The average Bonchev–Trinajstić information content (AvgIpc) is 3.43. The Bertz CT molecular complexity index is 1030. The first kappa shape index (κ1) is 17.5. The Balaban J connectivity index is 1.46. The van der Waals surface area contributed by atoms with Crippen LogP contribution in [0.3, 0.4) is 0 Å². The van der Waals surface area contributed by atoms with Crippen LogP contribution in [0.15, 0.2) is 28.8 Å². The van der Waals surface area contributed by atoms with E-state index in [0.29, 0.717) is 5.92 Å². The minimum atomic E-state index is 0.0135. The summed E-state index contributed by atoms with van der Waals surface area (Å²) in [5, 5.41) is 5.49. The molecule has 1 N–H and O–H groups in total. The van der Waals surface area contributed by atoms with Crippen molar-refractivity contribution in [2.45, 2.75) is 64.3 Å². The first-order valence-electron chi connectivity index (χ1n) is 10.5. The summed E-state index contributed by atoms with van der Waals surface area (Å²) in [5.74, 6) is 1.29. The van der Waals surface area contributed by atoms with Gasteiger partial charge < -0.3 is 14.4 Å². The number of rotatable bonds is 3. The second-order valence-electron chi connectivity index (χ2n) is 8.51. The highest BCUT2D eigenvalue weighted by Gasteiger charge is 2.33. The number of likely N-dealkylation sites (tertiary alicyclic amines) is 1. The number of benzene rings is 1. The van der Waals surface area contributed by atoms with Gasteiger partial charge in [0.25, 0.3) is 5.91 Å². The van der Waals surface area contributed by atoms with Gasteiger partial charge in [-0.1, -0.05) is 19.0 Å². The van der Waals surface area contributed by atoms with Gasteiger partial charge in [-0.15, -0.1) is 0 Å². The molecule has 1 atom stereocenters. The number of nitrogens with one attached hydrogen (secondary N) is 1. The predicted octanol–water partition coefficient (Wildman–Crippen LogP) is 5.14. The Hall–Kier alpha value is -2.56. The van der Waals surface area contributed by atoms with Crippen molar-refractivity contribution >= 4 is 16.8 Å². The standard InChI is InChI=1S/C23H27N3O2/c1-14(2)22-13-20(25-28-22)21-8-5-11-26(21)23(27)15-9-10-19-17(12-15)16-6-3-4-7-18(16)24-19/h9-10,12-14,21,24H,3-8,11H2,1-2H3. The molecule has 1 aromatic carbocycles. The molecule has 1 saturated heterocycles. The molecule has 2 aromatic heterocycles. The van der Waals surface area contributed by atoms with E-state index in [-0.39, 0.29) is 11.9 Å². The van der Waals surface area contributed by atoms with Gasteiger partial charge in [-0.3, -0.25) is 4.79 Å². The summed E-state index contributed by atoms with van der Waals surface area (Å²) in [6.07, 6.45) is 6.65. The molecule has 2 aliphatic rings. The number of nitrogens with zero attached hydrogens (tertiary/aromatic N) is 2. The van der Waals surface area contributed by atoms with E-state index < -0.39 is 0 Å². The van der Waals surface area contributed by atoms with Gasteiger partial charge in [-0.25, -0.2) is 0 Å². The van der Waals surface area contributed by atoms with Gasteiger partial charge in [0.05, 0.1) is 6.04 Å². The monoisotopic (exact) mass is 377 g/mol. The molecule has 5 heteroatoms. The zero-order valence-corrected chi connectivity index (χ0v) is 16.6. The van der Waals surface area contributed by atoms with Gasteiger partial charge >= 0.3 is 0 Å². The number of aryl methyl sites for hydroxylation is 2. The maximum absolute atomic E-state index is 13.4. The number of aromatic nitrogens is 2. The van der Waals surface area contributed by atoms with Gasteiger partial charge in [0.2, 0.25) is 0 Å². The summed E-state index contributed by atoms with van der Waals surface area (Å²) in [6.45, 7) is 4.96. The maximum atomic E-state index is 13.4. The molecule has 5 nitrogen and oxygen atoms in total. The summed E-state index contributed by atoms with van der Waals surface area (Å²) in [4.78, 5) is 18.9. The number of hydrogen-bond donors (Lipinski definition) is 1. The number of hydrogen-bond acceptors (Lipinski definition) is 3. The molecule has 3 heterocycles. The number of carbonyl (C=O) groups is 1. The summed E-state index contributed by atoms with van der Waals surface area (Å²) in [7, 11) is 0. The summed E-state index contributed by atoms with van der Waals surface area (Å²) in [5.41, 5.74) is 5.58. The lowest BCUT2D eigenvalue weighted by Gasteiger charge is -2.23. The molecule has 1 aliphatic carbocycles. The van der Waals surface area contributed by atoms with Crippen molar-refractivity contribution < 1.29 is 9.32 Å². The Morgan fingerprint density at radius 2 is 2.07 bits per heavy atom. The molecule has 1 amide bonds. The van der Waals surface area contributed by atoms with Crippen LogP contribution in [0.4, 0.5) is 0 Å². The summed E-state index contributed by atoms with van der Waals surface area (Å²) >= 11 is 0. The van der Waals surface area contributed by atoms with Crippen LogP contribution in [-0.4, -0.2) is 27.5 Å². The quantitative estimate of drug-likeness (QED) is 0.688. The highest BCUT2D eigenvalue weighted by Crippen LogP contribution is 2.35. The molecule has 3 aromatic rings. The second-order valence-corrected chi connectivity index (χ2v) is 8.51. The van der Waals surface area contributed by atoms with Crippen LogP contribution < -0.4 is 0 Å². The molecule has 1 aliphatic heterocycles. The Morgan fingerprint density at radius 3 is 2.89 bits per heavy atom. The van der Waals surface area contributed by atoms with Crippen molar-refractivity contribution in [1.82, 2.24) is 15.0 Å². The first-order chi connectivity index (χ1) is 13.6. The largest absolute Gasteiger partial charge is 0.361 e. The van der Waals surface area contributed by atoms with Crippen molar-refractivity contribution in [3.05, 3.63) is 52.5 Å². The van der Waals surface area contributed by atoms with Crippen LogP contribution in [0, 0.1) is 0 Å². The number of H-pyrrole nitrogens is 1. The third kappa shape index (κ3) is 2.84. The van der Waals surface area contributed by atoms with Crippen LogP contribution in [-0.2, 0) is 12.8 Å². The van der Waals surface area contributed by atoms with E-state index in [9.17, 15) is 4.79 Å². The van der Waals surface area contributed by atoms with Crippen LogP contribution in [0.5, 0.6) is 0 Å². The van der Waals surface area contributed by atoms with Gasteiger partial charge in [0.1, 0.15) is 11.5 Å². The fourth-order valence-electron chi connectivity index (χ4n) is 4.76. The van der Waals surface area contributed by atoms with Gasteiger partial charge in [0, 0.05) is 40.7 Å².